The highest BCUT2D eigenvalue weighted by atomic mass is 32.2. The van der Waals surface area contributed by atoms with E-state index >= 15 is 0 Å². The molecule has 39 heavy (non-hydrogen) atoms. The molecule has 0 unspecified atom stereocenters. The summed E-state index contributed by atoms with van der Waals surface area (Å²) in [7, 11) is -0.942. The van der Waals surface area contributed by atoms with Gasteiger partial charge in [-0.15, -0.1) is 11.3 Å². The van der Waals surface area contributed by atoms with Crippen molar-refractivity contribution >= 4 is 48.7 Å². The Morgan fingerprint density at radius 2 is 1.62 bits per heavy atom. The molecule has 0 fully saturated rings. The van der Waals surface area contributed by atoms with Gasteiger partial charge in [0.15, 0.2) is 5.75 Å². The van der Waals surface area contributed by atoms with Gasteiger partial charge >= 0.3 is 0 Å². The number of carbonyl (C=O) groups is 1. The Labute approximate surface area is 231 Å². The summed E-state index contributed by atoms with van der Waals surface area (Å²) in [6.07, 6.45) is 0. The molecule has 1 aromatic heterocycles. The number of para-hydroxylation sites is 3. The molecular weight excluding hydrogens is 532 g/mol. The minimum atomic E-state index is -3.89. The fraction of sp³-hybridized carbons (Fsp3) is 0.100. The van der Waals surface area contributed by atoms with E-state index in [4.69, 9.17) is 9.47 Å². The van der Waals surface area contributed by atoms with Gasteiger partial charge in [-0.3, -0.25) is 9.10 Å². The smallest absolute Gasteiger partial charge is 0.267 e. The molecule has 0 aliphatic rings. The highest BCUT2D eigenvalue weighted by molar-refractivity contribution is 7.93. The van der Waals surface area contributed by atoms with Gasteiger partial charge in [0, 0.05) is 11.7 Å². The number of benzene rings is 4. The van der Waals surface area contributed by atoms with Crippen LogP contribution in [0.4, 0.5) is 11.4 Å². The number of hydrogen-bond acceptors (Lipinski definition) is 6. The molecule has 7 nitrogen and oxygen atoms in total. The first-order valence-electron chi connectivity index (χ1n) is 12.1. The van der Waals surface area contributed by atoms with Gasteiger partial charge in [-0.2, -0.15) is 0 Å². The molecule has 1 amide bonds. The lowest BCUT2D eigenvalue weighted by Gasteiger charge is -2.21. The molecular formula is C30H26N2O5S2. The standard InChI is InChI=1S/C30H26N2O5S2/c1-20-13-15-26(36-3)29(17-20)39(34,35)32(2)22-14-16-27-21(18-22)19-28(38-27)30(33)31-24-11-7-8-12-25(24)37-23-9-5-4-6-10-23/h4-19H,1-3H3,(H,31,33). The van der Waals surface area contributed by atoms with Crippen LogP contribution < -0.4 is 19.1 Å². The summed E-state index contributed by atoms with van der Waals surface area (Å²) in [6.45, 7) is 1.83. The first-order valence-corrected chi connectivity index (χ1v) is 14.3. The highest BCUT2D eigenvalue weighted by Gasteiger charge is 2.26. The van der Waals surface area contributed by atoms with Crippen LogP contribution in [0.3, 0.4) is 0 Å². The minimum Gasteiger partial charge on any atom is -0.495 e. The van der Waals surface area contributed by atoms with Crippen LogP contribution in [0.25, 0.3) is 10.1 Å². The largest absolute Gasteiger partial charge is 0.495 e. The summed E-state index contributed by atoms with van der Waals surface area (Å²) in [4.78, 5) is 13.8. The molecule has 0 aliphatic heterocycles. The topological polar surface area (TPSA) is 84.9 Å². The molecule has 9 heteroatoms. The Balaban J connectivity index is 1.40. The first kappa shape index (κ1) is 26.3. The van der Waals surface area contributed by atoms with E-state index in [9.17, 15) is 13.2 Å². The van der Waals surface area contributed by atoms with Crippen molar-refractivity contribution < 1.29 is 22.7 Å². The third-order valence-corrected chi connectivity index (χ3v) is 9.07. The van der Waals surface area contributed by atoms with Crippen molar-refractivity contribution in [2.24, 2.45) is 0 Å². The molecule has 0 spiro atoms. The number of ether oxygens (including phenoxy) is 2. The summed E-state index contributed by atoms with van der Waals surface area (Å²) in [6, 6.07) is 28.7. The van der Waals surface area contributed by atoms with Crippen LogP contribution in [0, 0.1) is 6.92 Å². The Hall–Kier alpha value is -4.34. The lowest BCUT2D eigenvalue weighted by atomic mass is 10.2. The summed E-state index contributed by atoms with van der Waals surface area (Å²) in [5.74, 6) is 1.18. The van der Waals surface area contributed by atoms with E-state index in [1.54, 1.807) is 48.5 Å². The van der Waals surface area contributed by atoms with E-state index in [1.165, 1.54) is 29.8 Å². The van der Waals surface area contributed by atoms with E-state index < -0.39 is 10.0 Å². The van der Waals surface area contributed by atoms with Crippen molar-refractivity contribution in [3.05, 3.63) is 108 Å². The van der Waals surface area contributed by atoms with Gasteiger partial charge in [-0.1, -0.05) is 36.4 Å². The number of carbonyl (C=O) groups excluding carboxylic acids is 1. The molecule has 0 saturated carbocycles. The number of fused-ring (bicyclic) bond motifs is 1. The van der Waals surface area contributed by atoms with Crippen LogP contribution in [0.2, 0.25) is 0 Å². The average molecular weight is 559 g/mol. The molecule has 0 aliphatic carbocycles. The van der Waals surface area contributed by atoms with E-state index in [0.29, 0.717) is 27.8 Å². The SMILES string of the molecule is COc1ccc(C)cc1S(=O)(=O)N(C)c1ccc2sc(C(=O)Nc3ccccc3Oc3ccccc3)cc2c1. The van der Waals surface area contributed by atoms with E-state index in [1.807, 2.05) is 55.5 Å². The Morgan fingerprint density at radius 1 is 0.872 bits per heavy atom. The lowest BCUT2D eigenvalue weighted by Crippen LogP contribution is -2.27. The van der Waals surface area contributed by atoms with Gasteiger partial charge in [-0.25, -0.2) is 8.42 Å². The summed E-state index contributed by atoms with van der Waals surface area (Å²) < 4.78 is 40.2. The molecule has 0 radical (unpaired) electrons. The second kappa shape index (κ2) is 10.8. The van der Waals surface area contributed by atoms with Gasteiger partial charge in [0.1, 0.15) is 16.4 Å². The lowest BCUT2D eigenvalue weighted by molar-refractivity contribution is 0.103. The number of aryl methyl sites for hydroxylation is 1. The second-order valence-electron chi connectivity index (χ2n) is 8.83. The summed E-state index contributed by atoms with van der Waals surface area (Å²) >= 11 is 1.33. The first-order chi connectivity index (χ1) is 18.8. The zero-order chi connectivity index (χ0) is 27.6. The van der Waals surface area contributed by atoms with E-state index in [2.05, 4.69) is 5.32 Å². The van der Waals surface area contributed by atoms with E-state index in [0.717, 1.165) is 15.6 Å². The van der Waals surface area contributed by atoms with Gasteiger partial charge in [-0.05, 0) is 78.5 Å². The number of thiophene rings is 1. The highest BCUT2D eigenvalue weighted by Crippen LogP contribution is 2.35. The molecule has 0 saturated heterocycles. The normalized spacial score (nSPS) is 11.3. The molecule has 1 heterocycles. The maximum absolute atomic E-state index is 13.5. The van der Waals surface area contributed by atoms with Gasteiger partial charge in [0.25, 0.3) is 15.9 Å². The number of nitrogens with zero attached hydrogens (tertiary/aromatic N) is 1. The predicted octanol–water partition coefficient (Wildman–Crippen LogP) is 7.09. The number of rotatable bonds is 8. The second-order valence-corrected chi connectivity index (χ2v) is 11.8. The van der Waals surface area contributed by atoms with Gasteiger partial charge in [0.05, 0.1) is 23.4 Å². The number of sulfonamides is 1. The maximum Gasteiger partial charge on any atom is 0.267 e. The van der Waals surface area contributed by atoms with Crippen molar-refractivity contribution in [3.8, 4) is 17.2 Å². The van der Waals surface area contributed by atoms with Crippen LogP contribution in [-0.2, 0) is 10.0 Å². The van der Waals surface area contributed by atoms with Crippen molar-refractivity contribution in [2.45, 2.75) is 11.8 Å². The summed E-state index contributed by atoms with van der Waals surface area (Å²) in [5.41, 5.74) is 1.82. The number of amides is 1. The number of anilines is 2. The minimum absolute atomic E-state index is 0.0920. The summed E-state index contributed by atoms with van der Waals surface area (Å²) in [5, 5.41) is 3.69. The Bertz CT molecular complexity index is 1770. The third-order valence-electron chi connectivity index (χ3n) is 6.15. The number of methoxy groups -OCH3 is 1. The van der Waals surface area contributed by atoms with Crippen LogP contribution >= 0.6 is 11.3 Å². The fourth-order valence-corrected chi connectivity index (χ4v) is 6.43. The zero-order valence-electron chi connectivity index (χ0n) is 21.5. The molecule has 0 atom stereocenters. The predicted molar refractivity (Wildman–Crippen MR) is 156 cm³/mol. The molecule has 4 aromatic carbocycles. The number of nitrogens with one attached hydrogen (secondary N) is 1. The Morgan fingerprint density at radius 3 is 2.38 bits per heavy atom. The molecule has 198 valence electrons. The third kappa shape index (κ3) is 5.45. The van der Waals surface area contributed by atoms with Gasteiger partial charge in [0.2, 0.25) is 0 Å². The zero-order valence-corrected chi connectivity index (χ0v) is 23.2. The fourth-order valence-electron chi connectivity index (χ4n) is 4.07. The van der Waals surface area contributed by atoms with Crippen molar-refractivity contribution in [1.82, 2.24) is 0 Å². The van der Waals surface area contributed by atoms with Crippen LogP contribution in [0.15, 0.2) is 102 Å². The van der Waals surface area contributed by atoms with Crippen molar-refractivity contribution in [1.29, 1.82) is 0 Å². The maximum atomic E-state index is 13.5. The molecule has 1 N–H and O–H groups in total. The quantitative estimate of drug-likeness (QED) is 0.220. The molecule has 5 aromatic rings. The molecule has 0 bridgehead atoms. The monoisotopic (exact) mass is 558 g/mol. The van der Waals surface area contributed by atoms with Gasteiger partial charge < -0.3 is 14.8 Å². The van der Waals surface area contributed by atoms with E-state index in [-0.39, 0.29) is 16.6 Å². The van der Waals surface area contributed by atoms with Crippen LogP contribution in [0.1, 0.15) is 15.2 Å². The Kier molecular flexibility index (Phi) is 7.28. The van der Waals surface area contributed by atoms with Crippen molar-refractivity contribution in [3.63, 3.8) is 0 Å². The molecule has 5 rings (SSSR count). The average Bonchev–Trinajstić information content (AvgIpc) is 3.38. The van der Waals surface area contributed by atoms with Crippen LogP contribution in [0.5, 0.6) is 17.2 Å². The number of hydrogen-bond donors (Lipinski definition) is 1. The van der Waals surface area contributed by atoms with Crippen LogP contribution in [-0.4, -0.2) is 28.5 Å². The van der Waals surface area contributed by atoms with Crippen molar-refractivity contribution in [2.75, 3.05) is 23.8 Å².